The summed E-state index contributed by atoms with van der Waals surface area (Å²) < 4.78 is 0. The number of nitrogens with zero attached hydrogens (tertiary/aromatic N) is 1. The molecule has 14 heavy (non-hydrogen) atoms. The van der Waals surface area contributed by atoms with Gasteiger partial charge in [-0.05, 0) is 42.1 Å². The average molecular weight is 221 g/mol. The van der Waals surface area contributed by atoms with Gasteiger partial charge in [0.2, 0.25) is 0 Å². The highest BCUT2D eigenvalue weighted by molar-refractivity contribution is 7.80. The summed E-state index contributed by atoms with van der Waals surface area (Å²) in [7, 11) is 0. The summed E-state index contributed by atoms with van der Waals surface area (Å²) >= 11 is 8.64. The van der Waals surface area contributed by atoms with Crippen molar-refractivity contribution in [3.05, 3.63) is 35.9 Å². The van der Waals surface area contributed by atoms with Crippen molar-refractivity contribution in [2.24, 2.45) is 4.99 Å². The summed E-state index contributed by atoms with van der Waals surface area (Å²) in [6.45, 7) is 0. The van der Waals surface area contributed by atoms with Gasteiger partial charge < -0.3 is 0 Å². The van der Waals surface area contributed by atoms with E-state index in [4.69, 9.17) is 0 Å². The van der Waals surface area contributed by atoms with Crippen LogP contribution in [0.25, 0.3) is 6.08 Å². The summed E-state index contributed by atoms with van der Waals surface area (Å²) in [5, 5.41) is 2.34. The van der Waals surface area contributed by atoms with Gasteiger partial charge in [0, 0.05) is 0 Å². The van der Waals surface area contributed by atoms with Crippen LogP contribution in [0.2, 0.25) is 0 Å². The Hall–Kier alpha value is -0.890. The predicted octanol–water partition coefficient (Wildman–Crippen LogP) is 3.75. The van der Waals surface area contributed by atoms with Crippen LogP contribution < -0.4 is 0 Å². The second-order valence-electron chi connectivity index (χ2n) is 2.71. The SMILES string of the molecule is S=C=Nc1ccc(C=CCCS)cc1. The van der Waals surface area contributed by atoms with Crippen LogP contribution in [0.3, 0.4) is 0 Å². The zero-order valence-corrected chi connectivity index (χ0v) is 9.39. The molecular weight excluding hydrogens is 210 g/mol. The van der Waals surface area contributed by atoms with Gasteiger partial charge in [-0.3, -0.25) is 0 Å². The van der Waals surface area contributed by atoms with E-state index in [2.05, 4.69) is 47.2 Å². The lowest BCUT2D eigenvalue weighted by atomic mass is 10.2. The normalized spacial score (nSPS) is 10.1. The minimum Gasteiger partial charge on any atom is -0.195 e. The molecule has 0 amide bonds. The first-order valence-corrected chi connectivity index (χ1v) is 5.36. The predicted molar refractivity (Wildman–Crippen MR) is 68.6 cm³/mol. The lowest BCUT2D eigenvalue weighted by molar-refractivity contribution is 1.26. The van der Waals surface area contributed by atoms with E-state index in [1.165, 1.54) is 0 Å². The van der Waals surface area contributed by atoms with Gasteiger partial charge in [0.1, 0.15) is 0 Å². The Balaban J connectivity index is 2.68. The van der Waals surface area contributed by atoms with Gasteiger partial charge in [0.25, 0.3) is 0 Å². The van der Waals surface area contributed by atoms with Crippen molar-refractivity contribution in [1.29, 1.82) is 0 Å². The highest BCUT2D eigenvalue weighted by atomic mass is 32.1. The van der Waals surface area contributed by atoms with Gasteiger partial charge >= 0.3 is 0 Å². The molecule has 1 aromatic rings. The van der Waals surface area contributed by atoms with Crippen molar-refractivity contribution in [2.75, 3.05) is 5.75 Å². The molecule has 0 aliphatic heterocycles. The van der Waals surface area contributed by atoms with Crippen LogP contribution in [0, 0.1) is 0 Å². The van der Waals surface area contributed by atoms with E-state index >= 15 is 0 Å². The molecule has 0 heterocycles. The number of thiol groups is 1. The Morgan fingerprint density at radius 1 is 1.36 bits per heavy atom. The largest absolute Gasteiger partial charge is 0.195 e. The maximum Gasteiger partial charge on any atom is 0.0739 e. The fourth-order valence-electron chi connectivity index (χ4n) is 1.01. The number of allylic oxidation sites excluding steroid dienone is 1. The molecule has 0 aromatic heterocycles. The van der Waals surface area contributed by atoms with Crippen LogP contribution in [0.1, 0.15) is 12.0 Å². The Kier molecular flexibility index (Phi) is 5.23. The Labute approximate surface area is 95.0 Å². The van der Waals surface area contributed by atoms with Crippen LogP contribution >= 0.6 is 24.8 Å². The van der Waals surface area contributed by atoms with E-state index in [0.717, 1.165) is 23.4 Å². The highest BCUT2D eigenvalue weighted by Gasteiger charge is 1.88. The van der Waals surface area contributed by atoms with Crippen molar-refractivity contribution in [3.8, 4) is 0 Å². The lowest BCUT2D eigenvalue weighted by Gasteiger charge is -1.93. The molecule has 0 N–H and O–H groups in total. The van der Waals surface area contributed by atoms with Crippen molar-refractivity contribution >= 4 is 41.8 Å². The number of isothiocyanates is 1. The fourth-order valence-corrected chi connectivity index (χ4v) is 1.26. The summed E-state index contributed by atoms with van der Waals surface area (Å²) in [5.74, 6) is 0.879. The van der Waals surface area contributed by atoms with Crippen LogP contribution in [-0.2, 0) is 0 Å². The monoisotopic (exact) mass is 221 g/mol. The van der Waals surface area contributed by atoms with Crippen LogP contribution in [-0.4, -0.2) is 10.9 Å². The second kappa shape index (κ2) is 6.55. The first-order valence-electron chi connectivity index (χ1n) is 4.32. The average Bonchev–Trinajstić information content (AvgIpc) is 2.21. The Bertz CT molecular complexity index is 348. The van der Waals surface area contributed by atoms with Gasteiger partial charge in [-0.1, -0.05) is 24.3 Å². The molecule has 1 aromatic carbocycles. The molecule has 0 saturated heterocycles. The summed E-state index contributed by atoms with van der Waals surface area (Å²) in [5.41, 5.74) is 2.00. The maximum absolute atomic E-state index is 4.51. The molecule has 0 unspecified atom stereocenters. The van der Waals surface area contributed by atoms with E-state index in [9.17, 15) is 0 Å². The number of thiocarbonyl (C=S) groups is 1. The third-order valence-corrected chi connectivity index (χ3v) is 2.02. The van der Waals surface area contributed by atoms with Gasteiger partial charge in [0.15, 0.2) is 0 Å². The van der Waals surface area contributed by atoms with Crippen molar-refractivity contribution in [1.82, 2.24) is 0 Å². The second-order valence-corrected chi connectivity index (χ2v) is 3.34. The van der Waals surface area contributed by atoms with Crippen molar-refractivity contribution in [3.63, 3.8) is 0 Å². The van der Waals surface area contributed by atoms with E-state index in [1.54, 1.807) is 0 Å². The molecule has 0 fully saturated rings. The van der Waals surface area contributed by atoms with Gasteiger partial charge in [-0.2, -0.15) is 17.6 Å². The molecule has 0 atom stereocenters. The zero-order chi connectivity index (χ0) is 10.2. The first-order chi connectivity index (χ1) is 6.86. The Morgan fingerprint density at radius 2 is 2.07 bits per heavy atom. The topological polar surface area (TPSA) is 12.4 Å². The molecule has 0 bridgehead atoms. The number of hydrogen-bond acceptors (Lipinski definition) is 3. The van der Waals surface area contributed by atoms with Gasteiger partial charge in [-0.15, -0.1) is 0 Å². The molecule has 1 rings (SSSR count). The number of aliphatic imine (C=N–C) groups is 1. The van der Waals surface area contributed by atoms with Crippen LogP contribution in [0.5, 0.6) is 0 Å². The summed E-state index contributed by atoms with van der Waals surface area (Å²) in [6.07, 6.45) is 5.16. The molecule has 0 saturated carbocycles. The van der Waals surface area contributed by atoms with E-state index in [0.29, 0.717) is 0 Å². The molecule has 1 nitrogen and oxygen atoms in total. The van der Waals surface area contributed by atoms with Gasteiger partial charge in [-0.25, -0.2) is 0 Å². The molecular formula is C11H11NS2. The van der Waals surface area contributed by atoms with Crippen LogP contribution in [0.4, 0.5) is 5.69 Å². The molecule has 0 aliphatic carbocycles. The van der Waals surface area contributed by atoms with Crippen LogP contribution in [0.15, 0.2) is 35.3 Å². The quantitative estimate of drug-likeness (QED) is 0.464. The Morgan fingerprint density at radius 3 is 2.64 bits per heavy atom. The molecule has 0 aliphatic rings. The zero-order valence-electron chi connectivity index (χ0n) is 7.68. The minimum atomic E-state index is 0.839. The van der Waals surface area contributed by atoms with E-state index in [1.807, 2.05) is 24.3 Å². The third-order valence-electron chi connectivity index (χ3n) is 1.67. The van der Waals surface area contributed by atoms with E-state index < -0.39 is 0 Å². The van der Waals surface area contributed by atoms with E-state index in [-0.39, 0.29) is 0 Å². The molecule has 3 heteroatoms. The number of hydrogen-bond donors (Lipinski definition) is 1. The van der Waals surface area contributed by atoms with Crippen molar-refractivity contribution < 1.29 is 0 Å². The lowest BCUT2D eigenvalue weighted by Crippen LogP contribution is -1.71. The highest BCUT2D eigenvalue weighted by Crippen LogP contribution is 2.13. The third kappa shape index (κ3) is 3.88. The fraction of sp³-hybridized carbons (Fsp3) is 0.182. The summed E-state index contributed by atoms with van der Waals surface area (Å²) in [6, 6.07) is 7.83. The minimum absolute atomic E-state index is 0.839. The standard InChI is InChI=1S/C11H11NS2/c13-8-2-1-3-10-4-6-11(7-5-10)12-9-14/h1,3-7,13H,2,8H2. The summed E-state index contributed by atoms with van der Waals surface area (Å²) in [4.78, 5) is 3.87. The maximum atomic E-state index is 4.51. The van der Waals surface area contributed by atoms with Gasteiger partial charge in [0.05, 0.1) is 10.8 Å². The molecule has 0 spiro atoms. The molecule has 72 valence electrons. The molecule has 0 radical (unpaired) electrons. The van der Waals surface area contributed by atoms with Crippen molar-refractivity contribution in [2.45, 2.75) is 6.42 Å². The number of benzene rings is 1. The number of rotatable bonds is 4. The smallest absolute Gasteiger partial charge is 0.0739 e. The first kappa shape index (κ1) is 11.2.